The molecular formula is C12H17N3O3S. The number of fused-ring (bicyclic) bond motifs is 1. The van der Waals surface area contributed by atoms with Gasteiger partial charge in [-0.05, 0) is 18.3 Å². The number of hydrogen-bond donors (Lipinski definition) is 1. The van der Waals surface area contributed by atoms with E-state index in [1.165, 1.54) is 0 Å². The number of ether oxygens (including phenoxy) is 3. The minimum Gasteiger partial charge on any atom is -0.481 e. The molecule has 0 spiro atoms. The van der Waals surface area contributed by atoms with Crippen molar-refractivity contribution in [2.75, 3.05) is 27.9 Å². The number of H-pyrrole nitrogens is 1. The zero-order valence-corrected chi connectivity index (χ0v) is 12.0. The molecule has 1 N–H and O–H groups in total. The van der Waals surface area contributed by atoms with Crippen LogP contribution in [0.5, 0.6) is 5.88 Å². The Morgan fingerprint density at radius 2 is 2.16 bits per heavy atom. The molecule has 7 heteroatoms. The molecule has 0 saturated heterocycles. The van der Waals surface area contributed by atoms with Gasteiger partial charge in [0.05, 0.1) is 31.9 Å². The SMILES string of the molecule is COCC(Cn1c(=S)[nH]c2ccc(OC)nc21)OC. The summed E-state index contributed by atoms with van der Waals surface area (Å²) in [6, 6.07) is 3.69. The molecule has 2 rings (SSSR count). The van der Waals surface area contributed by atoms with Crippen LogP contribution in [0.25, 0.3) is 11.2 Å². The first-order valence-electron chi connectivity index (χ1n) is 5.85. The number of hydrogen-bond acceptors (Lipinski definition) is 5. The number of methoxy groups -OCH3 is 3. The summed E-state index contributed by atoms with van der Waals surface area (Å²) >= 11 is 5.31. The Balaban J connectivity index is 2.40. The van der Waals surface area contributed by atoms with E-state index in [4.69, 9.17) is 26.4 Å². The van der Waals surface area contributed by atoms with Crippen LogP contribution in [0.4, 0.5) is 0 Å². The maximum atomic E-state index is 5.36. The van der Waals surface area contributed by atoms with E-state index >= 15 is 0 Å². The summed E-state index contributed by atoms with van der Waals surface area (Å²) in [6.45, 7) is 1.07. The molecular weight excluding hydrogens is 266 g/mol. The Bertz CT molecular complexity index is 608. The molecule has 2 aromatic rings. The topological polar surface area (TPSA) is 61.3 Å². The van der Waals surface area contributed by atoms with E-state index in [0.29, 0.717) is 23.8 Å². The summed E-state index contributed by atoms with van der Waals surface area (Å²) in [4.78, 5) is 7.52. The average Bonchev–Trinajstić information content (AvgIpc) is 2.73. The minimum atomic E-state index is -0.0799. The molecule has 0 aromatic carbocycles. The van der Waals surface area contributed by atoms with Gasteiger partial charge in [0.2, 0.25) is 5.88 Å². The lowest BCUT2D eigenvalue weighted by atomic mass is 10.3. The predicted molar refractivity (Wildman–Crippen MR) is 74.1 cm³/mol. The largest absolute Gasteiger partial charge is 0.481 e. The molecule has 0 amide bonds. The van der Waals surface area contributed by atoms with Crippen LogP contribution < -0.4 is 4.74 Å². The number of rotatable bonds is 6. The molecule has 0 saturated carbocycles. The highest BCUT2D eigenvalue weighted by molar-refractivity contribution is 7.71. The van der Waals surface area contributed by atoms with E-state index in [9.17, 15) is 0 Å². The van der Waals surface area contributed by atoms with Crippen LogP contribution in [-0.2, 0) is 16.0 Å². The van der Waals surface area contributed by atoms with Crippen LogP contribution in [0.1, 0.15) is 0 Å². The van der Waals surface area contributed by atoms with Gasteiger partial charge < -0.3 is 19.2 Å². The molecule has 19 heavy (non-hydrogen) atoms. The van der Waals surface area contributed by atoms with Gasteiger partial charge in [0.15, 0.2) is 10.4 Å². The number of imidazole rings is 1. The van der Waals surface area contributed by atoms with E-state index in [1.807, 2.05) is 10.6 Å². The predicted octanol–water partition coefficient (Wildman–Crippen LogP) is 1.76. The quantitative estimate of drug-likeness (QED) is 0.819. The lowest BCUT2D eigenvalue weighted by molar-refractivity contribution is 0.0187. The van der Waals surface area contributed by atoms with Crippen molar-refractivity contribution in [3.8, 4) is 5.88 Å². The zero-order valence-electron chi connectivity index (χ0n) is 11.2. The molecule has 0 fully saturated rings. The van der Waals surface area contributed by atoms with Crippen molar-refractivity contribution in [2.24, 2.45) is 0 Å². The Kier molecular flexibility index (Phi) is 4.52. The van der Waals surface area contributed by atoms with Crippen molar-refractivity contribution < 1.29 is 14.2 Å². The summed E-state index contributed by atoms with van der Waals surface area (Å²) in [5.41, 5.74) is 1.63. The van der Waals surface area contributed by atoms with Crippen LogP contribution in [-0.4, -0.2) is 48.6 Å². The van der Waals surface area contributed by atoms with Crippen LogP contribution >= 0.6 is 12.2 Å². The molecule has 0 aliphatic rings. The maximum absolute atomic E-state index is 5.36. The highest BCUT2D eigenvalue weighted by atomic mass is 32.1. The third kappa shape index (κ3) is 2.94. The highest BCUT2D eigenvalue weighted by Crippen LogP contribution is 2.17. The second-order valence-electron chi connectivity index (χ2n) is 4.08. The fourth-order valence-electron chi connectivity index (χ4n) is 1.88. The third-order valence-corrected chi connectivity index (χ3v) is 3.20. The molecule has 0 aliphatic heterocycles. The van der Waals surface area contributed by atoms with Crippen molar-refractivity contribution in [3.05, 3.63) is 16.9 Å². The average molecular weight is 283 g/mol. The number of aromatic nitrogens is 3. The molecule has 2 aromatic heterocycles. The van der Waals surface area contributed by atoms with E-state index in [-0.39, 0.29) is 6.10 Å². The second-order valence-corrected chi connectivity index (χ2v) is 4.47. The summed E-state index contributed by atoms with van der Waals surface area (Å²) in [7, 11) is 4.88. The van der Waals surface area contributed by atoms with Crippen LogP contribution in [0, 0.1) is 4.77 Å². The number of nitrogens with zero attached hydrogens (tertiary/aromatic N) is 2. The molecule has 0 bridgehead atoms. The molecule has 2 heterocycles. The van der Waals surface area contributed by atoms with Gasteiger partial charge in [0.1, 0.15) is 0 Å². The summed E-state index contributed by atoms with van der Waals surface area (Å²) in [5, 5.41) is 0. The summed E-state index contributed by atoms with van der Waals surface area (Å²) < 4.78 is 18.1. The highest BCUT2D eigenvalue weighted by Gasteiger charge is 2.13. The second kappa shape index (κ2) is 6.14. The smallest absolute Gasteiger partial charge is 0.215 e. The number of nitrogens with one attached hydrogen (secondary N) is 1. The summed E-state index contributed by atoms with van der Waals surface area (Å²) in [5.74, 6) is 0.552. The molecule has 1 atom stereocenters. The Hall–Kier alpha value is -1.44. The van der Waals surface area contributed by atoms with E-state index in [2.05, 4.69) is 9.97 Å². The van der Waals surface area contributed by atoms with Gasteiger partial charge in [-0.3, -0.25) is 4.57 Å². The lowest BCUT2D eigenvalue weighted by Crippen LogP contribution is -2.24. The van der Waals surface area contributed by atoms with Gasteiger partial charge >= 0.3 is 0 Å². The maximum Gasteiger partial charge on any atom is 0.215 e. The first-order valence-corrected chi connectivity index (χ1v) is 6.25. The van der Waals surface area contributed by atoms with Gasteiger partial charge in [-0.25, -0.2) is 0 Å². The summed E-state index contributed by atoms with van der Waals surface area (Å²) in [6.07, 6.45) is -0.0799. The van der Waals surface area contributed by atoms with Crippen molar-refractivity contribution in [1.29, 1.82) is 0 Å². The van der Waals surface area contributed by atoms with Gasteiger partial charge in [-0.1, -0.05) is 0 Å². The molecule has 104 valence electrons. The lowest BCUT2D eigenvalue weighted by Gasteiger charge is -2.15. The van der Waals surface area contributed by atoms with Crippen LogP contribution in [0.15, 0.2) is 12.1 Å². The molecule has 6 nitrogen and oxygen atoms in total. The number of aromatic amines is 1. The van der Waals surface area contributed by atoms with E-state index in [0.717, 1.165) is 11.2 Å². The van der Waals surface area contributed by atoms with E-state index in [1.54, 1.807) is 27.4 Å². The third-order valence-electron chi connectivity index (χ3n) is 2.87. The first-order chi connectivity index (χ1) is 9.19. The van der Waals surface area contributed by atoms with Crippen molar-refractivity contribution >= 4 is 23.4 Å². The Labute approximate surface area is 116 Å². The number of pyridine rings is 1. The molecule has 0 aliphatic carbocycles. The van der Waals surface area contributed by atoms with Crippen molar-refractivity contribution in [3.63, 3.8) is 0 Å². The van der Waals surface area contributed by atoms with Crippen molar-refractivity contribution in [2.45, 2.75) is 12.6 Å². The van der Waals surface area contributed by atoms with Gasteiger partial charge in [0, 0.05) is 20.3 Å². The van der Waals surface area contributed by atoms with Crippen molar-refractivity contribution in [1.82, 2.24) is 14.5 Å². The monoisotopic (exact) mass is 283 g/mol. The molecule has 1 unspecified atom stereocenters. The fourth-order valence-corrected chi connectivity index (χ4v) is 2.15. The van der Waals surface area contributed by atoms with Gasteiger partial charge in [-0.2, -0.15) is 4.98 Å². The fraction of sp³-hybridized carbons (Fsp3) is 0.500. The van der Waals surface area contributed by atoms with Gasteiger partial charge in [-0.15, -0.1) is 0 Å². The first kappa shape index (κ1) is 14.0. The van der Waals surface area contributed by atoms with Crippen LogP contribution in [0.3, 0.4) is 0 Å². The van der Waals surface area contributed by atoms with Crippen LogP contribution in [0.2, 0.25) is 0 Å². The Morgan fingerprint density at radius 3 is 2.79 bits per heavy atom. The zero-order chi connectivity index (χ0) is 13.8. The minimum absolute atomic E-state index is 0.0799. The molecule has 0 radical (unpaired) electrons. The standard InChI is InChI=1S/C12H17N3O3S/c1-16-7-8(17-2)6-15-11-9(13-12(15)19)4-5-10(14-11)18-3/h4-5,8H,6-7H2,1-3H3,(H,13,19). The van der Waals surface area contributed by atoms with E-state index < -0.39 is 0 Å². The van der Waals surface area contributed by atoms with Gasteiger partial charge in [0.25, 0.3) is 0 Å². The Morgan fingerprint density at radius 1 is 1.37 bits per heavy atom. The normalized spacial score (nSPS) is 12.8.